The van der Waals surface area contributed by atoms with Gasteiger partial charge >= 0.3 is 5.69 Å². The highest BCUT2D eigenvalue weighted by atomic mass is 16.3. The molecular weight excluding hydrogens is 400 g/mol. The summed E-state index contributed by atoms with van der Waals surface area (Å²) in [6.45, 7) is 2.30. The molecule has 10 nitrogen and oxygen atoms in total. The topological polar surface area (TPSA) is 138 Å². The Morgan fingerprint density at radius 1 is 1.16 bits per heavy atom. The molecule has 0 spiro atoms. The Morgan fingerprint density at radius 2 is 1.90 bits per heavy atom. The summed E-state index contributed by atoms with van der Waals surface area (Å²) in [6.07, 6.45) is 1.35. The van der Waals surface area contributed by atoms with E-state index in [0.29, 0.717) is 12.1 Å². The van der Waals surface area contributed by atoms with Crippen molar-refractivity contribution in [1.29, 1.82) is 0 Å². The third kappa shape index (κ3) is 3.90. The molecule has 0 bridgehead atoms. The molecule has 31 heavy (non-hydrogen) atoms. The van der Waals surface area contributed by atoms with Crippen LogP contribution in [0.5, 0.6) is 11.5 Å². The molecule has 0 atom stereocenters. The number of aromatic hydroxyl groups is 2. The average molecular weight is 420 g/mol. The first-order valence-electron chi connectivity index (χ1n) is 9.39. The molecule has 0 aliphatic carbocycles. The number of fused-ring (bicyclic) bond motifs is 1. The van der Waals surface area contributed by atoms with Crippen molar-refractivity contribution in [2.45, 2.75) is 13.5 Å². The minimum absolute atomic E-state index is 0.0670. The van der Waals surface area contributed by atoms with Crippen LogP contribution in [0.15, 0.2) is 57.2 Å². The summed E-state index contributed by atoms with van der Waals surface area (Å²) in [7, 11) is 1.52. The summed E-state index contributed by atoms with van der Waals surface area (Å²) < 4.78 is 2.88. The lowest BCUT2D eigenvalue weighted by Crippen LogP contribution is -2.29. The van der Waals surface area contributed by atoms with Gasteiger partial charge in [0.25, 0.3) is 5.56 Å². The third-order valence-corrected chi connectivity index (χ3v) is 4.85. The lowest BCUT2D eigenvalue weighted by atomic mass is 10.1. The Morgan fingerprint density at radius 3 is 2.61 bits per heavy atom. The van der Waals surface area contributed by atoms with Crippen molar-refractivity contribution in [1.82, 2.24) is 19.1 Å². The molecule has 0 fully saturated rings. The minimum atomic E-state index is -0.568. The summed E-state index contributed by atoms with van der Waals surface area (Å²) >= 11 is 0. The van der Waals surface area contributed by atoms with E-state index < -0.39 is 11.2 Å². The number of phenols is 2. The van der Waals surface area contributed by atoms with Crippen molar-refractivity contribution in [3.8, 4) is 11.5 Å². The number of rotatable bonds is 5. The summed E-state index contributed by atoms with van der Waals surface area (Å²) in [5.74, 6) is 0.0389. The van der Waals surface area contributed by atoms with E-state index in [1.807, 2.05) is 31.2 Å². The fraction of sp³-hybridized carbons (Fsp3) is 0.143. The van der Waals surface area contributed by atoms with Crippen LogP contribution >= 0.6 is 0 Å². The number of aromatic nitrogens is 4. The molecule has 4 N–H and O–H groups in total. The maximum absolute atomic E-state index is 12.5. The number of nitrogens with zero attached hydrogens (tertiary/aromatic N) is 4. The number of nitrogens with one attached hydrogen (secondary N) is 2. The van der Waals surface area contributed by atoms with Gasteiger partial charge in [-0.2, -0.15) is 10.1 Å². The first kappa shape index (κ1) is 20.0. The quantitative estimate of drug-likeness (QED) is 0.286. The van der Waals surface area contributed by atoms with Crippen LogP contribution in [0, 0.1) is 6.92 Å². The standard InChI is InChI=1S/C21H20N6O4/c1-12-3-5-13(6-4-12)11-27-17-18(26(2)21(31)24-19(17)30)23-20(27)25-22-10-14-7-8-15(28)9-16(14)29/h3-10,28-29H,11H2,1-2H3,(H,23,25)(H,24,30,31)/b22-10-. The van der Waals surface area contributed by atoms with Crippen LogP contribution in [0.3, 0.4) is 0 Å². The maximum Gasteiger partial charge on any atom is 0.329 e. The molecule has 0 aliphatic heterocycles. The zero-order valence-electron chi connectivity index (χ0n) is 16.8. The Kier molecular flexibility index (Phi) is 5.04. The van der Waals surface area contributed by atoms with E-state index in [-0.39, 0.29) is 28.6 Å². The Balaban J connectivity index is 1.77. The second-order valence-electron chi connectivity index (χ2n) is 7.11. The van der Waals surface area contributed by atoms with Gasteiger partial charge in [0.2, 0.25) is 5.95 Å². The molecule has 10 heteroatoms. The van der Waals surface area contributed by atoms with Gasteiger partial charge in [0.15, 0.2) is 11.2 Å². The Labute approximate surface area is 175 Å². The van der Waals surface area contributed by atoms with Gasteiger partial charge in [-0.1, -0.05) is 29.8 Å². The van der Waals surface area contributed by atoms with Crippen LogP contribution < -0.4 is 16.7 Å². The van der Waals surface area contributed by atoms with Gasteiger partial charge in [-0.05, 0) is 24.6 Å². The van der Waals surface area contributed by atoms with E-state index in [0.717, 1.165) is 11.1 Å². The Hall–Kier alpha value is -4.34. The number of hydrogen-bond acceptors (Lipinski definition) is 7. The lowest BCUT2D eigenvalue weighted by Gasteiger charge is -2.09. The molecule has 4 aromatic rings. The molecule has 0 saturated carbocycles. The van der Waals surface area contributed by atoms with Gasteiger partial charge in [0, 0.05) is 18.7 Å². The fourth-order valence-electron chi connectivity index (χ4n) is 3.15. The smallest absolute Gasteiger partial charge is 0.329 e. The van der Waals surface area contributed by atoms with Gasteiger partial charge in [0.1, 0.15) is 11.5 Å². The van der Waals surface area contributed by atoms with Gasteiger partial charge in [-0.3, -0.25) is 18.9 Å². The van der Waals surface area contributed by atoms with E-state index in [1.165, 1.54) is 36.0 Å². The molecule has 2 aromatic carbocycles. The summed E-state index contributed by atoms with van der Waals surface area (Å²) in [6, 6.07) is 11.9. The first-order chi connectivity index (χ1) is 14.8. The number of aromatic amines is 1. The van der Waals surface area contributed by atoms with E-state index in [1.54, 1.807) is 4.57 Å². The van der Waals surface area contributed by atoms with Crippen molar-refractivity contribution in [3.05, 3.63) is 80.0 Å². The van der Waals surface area contributed by atoms with E-state index in [9.17, 15) is 19.8 Å². The predicted octanol–water partition coefficient (Wildman–Crippen LogP) is 1.64. The number of anilines is 1. The highest BCUT2D eigenvalue weighted by Gasteiger charge is 2.17. The van der Waals surface area contributed by atoms with Crippen molar-refractivity contribution < 1.29 is 10.2 Å². The van der Waals surface area contributed by atoms with E-state index >= 15 is 0 Å². The lowest BCUT2D eigenvalue weighted by molar-refractivity contribution is 0.450. The summed E-state index contributed by atoms with van der Waals surface area (Å²) in [4.78, 5) is 31.2. The SMILES string of the molecule is Cc1ccc(Cn2c(N/N=C\c3ccc(O)cc3O)nc3c2c(=O)[nH]c(=O)n3C)cc1. The monoisotopic (exact) mass is 420 g/mol. The minimum Gasteiger partial charge on any atom is -0.508 e. The van der Waals surface area contributed by atoms with E-state index in [4.69, 9.17) is 0 Å². The molecule has 0 unspecified atom stereocenters. The molecular formula is C21H20N6O4. The van der Waals surface area contributed by atoms with Crippen molar-refractivity contribution >= 4 is 23.3 Å². The van der Waals surface area contributed by atoms with Crippen LogP contribution in [-0.2, 0) is 13.6 Å². The molecule has 2 heterocycles. The van der Waals surface area contributed by atoms with Gasteiger partial charge in [-0.25, -0.2) is 10.2 Å². The first-order valence-corrected chi connectivity index (χ1v) is 9.39. The molecule has 4 rings (SSSR count). The fourth-order valence-corrected chi connectivity index (χ4v) is 3.15. The van der Waals surface area contributed by atoms with Crippen LogP contribution in [0.2, 0.25) is 0 Å². The van der Waals surface area contributed by atoms with Crippen LogP contribution in [0.4, 0.5) is 5.95 Å². The number of hydrazone groups is 1. The van der Waals surface area contributed by atoms with Gasteiger partial charge in [0.05, 0.1) is 12.8 Å². The number of aryl methyl sites for hydroxylation is 2. The van der Waals surface area contributed by atoms with Crippen LogP contribution in [-0.4, -0.2) is 35.5 Å². The van der Waals surface area contributed by atoms with Crippen molar-refractivity contribution in [3.63, 3.8) is 0 Å². The third-order valence-electron chi connectivity index (χ3n) is 4.85. The second-order valence-corrected chi connectivity index (χ2v) is 7.11. The average Bonchev–Trinajstić information content (AvgIpc) is 3.08. The molecule has 0 saturated heterocycles. The summed E-state index contributed by atoms with van der Waals surface area (Å²) in [5.41, 5.74) is 4.51. The number of hydrogen-bond donors (Lipinski definition) is 4. The number of phenolic OH excluding ortho intramolecular Hbond substituents is 2. The van der Waals surface area contributed by atoms with E-state index in [2.05, 4.69) is 20.5 Å². The molecule has 0 aliphatic rings. The zero-order chi connectivity index (χ0) is 22.1. The summed E-state index contributed by atoms with van der Waals surface area (Å²) in [5, 5.41) is 23.4. The highest BCUT2D eigenvalue weighted by Crippen LogP contribution is 2.21. The Bertz CT molecular complexity index is 1410. The number of H-pyrrole nitrogens is 1. The van der Waals surface area contributed by atoms with Gasteiger partial charge in [-0.15, -0.1) is 0 Å². The molecule has 2 aromatic heterocycles. The van der Waals surface area contributed by atoms with Crippen molar-refractivity contribution in [2.75, 3.05) is 5.43 Å². The zero-order valence-corrected chi connectivity index (χ0v) is 16.8. The van der Waals surface area contributed by atoms with Gasteiger partial charge < -0.3 is 10.2 Å². The predicted molar refractivity (Wildman–Crippen MR) is 117 cm³/mol. The van der Waals surface area contributed by atoms with Crippen LogP contribution in [0.1, 0.15) is 16.7 Å². The molecule has 0 amide bonds. The molecule has 158 valence electrons. The number of imidazole rings is 1. The maximum atomic E-state index is 12.5. The number of benzene rings is 2. The van der Waals surface area contributed by atoms with Crippen LogP contribution in [0.25, 0.3) is 11.2 Å². The highest BCUT2D eigenvalue weighted by molar-refractivity contribution is 5.84. The second kappa shape index (κ2) is 7.82. The molecule has 0 radical (unpaired) electrons. The normalized spacial score (nSPS) is 11.4. The largest absolute Gasteiger partial charge is 0.508 e. The van der Waals surface area contributed by atoms with Crippen molar-refractivity contribution in [2.24, 2.45) is 12.1 Å².